The lowest BCUT2D eigenvalue weighted by molar-refractivity contribution is -0.140. The maximum absolute atomic E-state index is 13.4. The number of Topliss-reactive ketones (excluding diaryl/α,β-unsaturated/α-hetero) is 1. The summed E-state index contributed by atoms with van der Waals surface area (Å²) in [6.07, 6.45) is 1.44. The lowest BCUT2D eigenvalue weighted by Crippen LogP contribution is -2.36. The van der Waals surface area contributed by atoms with E-state index in [9.17, 15) is 14.7 Å². The summed E-state index contributed by atoms with van der Waals surface area (Å²) in [5.41, 5.74) is 0.556. The van der Waals surface area contributed by atoms with Crippen LogP contribution in [-0.4, -0.2) is 61.8 Å². The molecule has 8 nitrogen and oxygen atoms in total. The predicted molar refractivity (Wildman–Crippen MR) is 135 cm³/mol. The minimum atomic E-state index is -0.890. The van der Waals surface area contributed by atoms with E-state index in [1.54, 1.807) is 24.3 Å². The molecular formula is C26H27Cl2NO7. The molecule has 0 radical (unpaired) electrons. The largest absolute Gasteiger partial charge is 0.507 e. The Kier molecular flexibility index (Phi) is 7.97. The van der Waals surface area contributed by atoms with Crippen molar-refractivity contribution in [1.29, 1.82) is 0 Å². The lowest BCUT2D eigenvalue weighted by atomic mass is 9.94. The summed E-state index contributed by atoms with van der Waals surface area (Å²) in [7, 11) is 2.76. The molecule has 2 atom stereocenters. The van der Waals surface area contributed by atoms with Crippen molar-refractivity contribution in [2.75, 3.05) is 34.0 Å². The molecule has 2 aromatic carbocycles. The monoisotopic (exact) mass is 535 g/mol. The molecule has 0 aromatic heterocycles. The number of ether oxygens (including phenoxy) is 4. The van der Waals surface area contributed by atoms with Crippen LogP contribution < -0.4 is 14.2 Å². The van der Waals surface area contributed by atoms with Crippen molar-refractivity contribution >= 4 is 40.7 Å². The fourth-order valence-electron chi connectivity index (χ4n) is 4.66. The van der Waals surface area contributed by atoms with Crippen molar-refractivity contribution in [2.24, 2.45) is 0 Å². The van der Waals surface area contributed by atoms with Crippen molar-refractivity contribution in [3.05, 3.63) is 57.1 Å². The van der Waals surface area contributed by atoms with Crippen LogP contribution in [-0.2, 0) is 14.3 Å². The van der Waals surface area contributed by atoms with Gasteiger partial charge in [-0.3, -0.25) is 9.59 Å². The lowest BCUT2D eigenvalue weighted by Gasteiger charge is -2.28. The highest BCUT2D eigenvalue weighted by Gasteiger charge is 2.47. The van der Waals surface area contributed by atoms with Gasteiger partial charge in [-0.2, -0.15) is 0 Å². The number of halogens is 2. The average molecular weight is 536 g/mol. The molecule has 0 bridgehead atoms. The number of nitrogens with zero attached hydrogens (tertiary/aromatic N) is 1. The number of hydrogen-bond acceptors (Lipinski definition) is 7. The van der Waals surface area contributed by atoms with Gasteiger partial charge >= 0.3 is 0 Å². The first-order chi connectivity index (χ1) is 17.3. The molecule has 4 rings (SSSR count). The molecule has 2 heterocycles. The smallest absolute Gasteiger partial charge is 0.295 e. The summed E-state index contributed by atoms with van der Waals surface area (Å²) in [4.78, 5) is 28.1. The van der Waals surface area contributed by atoms with Gasteiger partial charge in [0, 0.05) is 13.2 Å². The Morgan fingerprint density at radius 1 is 1.17 bits per heavy atom. The Morgan fingerprint density at radius 2 is 1.92 bits per heavy atom. The number of benzene rings is 2. The van der Waals surface area contributed by atoms with Crippen molar-refractivity contribution in [3.8, 4) is 17.2 Å². The molecule has 2 aliphatic rings. The zero-order chi connectivity index (χ0) is 26.0. The van der Waals surface area contributed by atoms with Crippen LogP contribution in [0.15, 0.2) is 35.9 Å². The number of carbonyl (C=O) groups excluding carboxylic acids is 2. The van der Waals surface area contributed by atoms with Crippen LogP contribution in [0.5, 0.6) is 17.2 Å². The molecule has 10 heteroatoms. The normalized spacial score (nSPS) is 21.2. The third kappa shape index (κ3) is 4.73. The molecule has 2 unspecified atom stereocenters. The van der Waals surface area contributed by atoms with E-state index in [0.717, 1.165) is 12.8 Å². The van der Waals surface area contributed by atoms with Crippen LogP contribution in [0.4, 0.5) is 0 Å². The van der Waals surface area contributed by atoms with Gasteiger partial charge in [-0.25, -0.2) is 0 Å². The van der Waals surface area contributed by atoms with Gasteiger partial charge in [0.2, 0.25) is 0 Å². The van der Waals surface area contributed by atoms with Gasteiger partial charge in [-0.15, -0.1) is 0 Å². The van der Waals surface area contributed by atoms with E-state index in [0.29, 0.717) is 24.5 Å². The highest BCUT2D eigenvalue weighted by molar-refractivity contribution is 6.47. The number of aliphatic hydroxyl groups is 1. The Morgan fingerprint density at radius 3 is 2.56 bits per heavy atom. The minimum Gasteiger partial charge on any atom is -0.507 e. The first-order valence-electron chi connectivity index (χ1n) is 11.5. The molecule has 36 heavy (non-hydrogen) atoms. The third-order valence-electron chi connectivity index (χ3n) is 6.24. The number of rotatable bonds is 8. The summed E-state index contributed by atoms with van der Waals surface area (Å²) in [5.74, 6) is -1.23. The van der Waals surface area contributed by atoms with E-state index in [2.05, 4.69) is 0 Å². The summed E-state index contributed by atoms with van der Waals surface area (Å²) in [6.45, 7) is 3.10. The number of carbonyl (C=O) groups is 2. The highest BCUT2D eigenvalue weighted by Crippen LogP contribution is 2.47. The Balaban J connectivity index is 1.91. The van der Waals surface area contributed by atoms with Crippen molar-refractivity contribution in [3.63, 3.8) is 0 Å². The maximum Gasteiger partial charge on any atom is 0.295 e. The topological polar surface area (TPSA) is 94.5 Å². The van der Waals surface area contributed by atoms with Gasteiger partial charge in [0.25, 0.3) is 11.7 Å². The van der Waals surface area contributed by atoms with Gasteiger partial charge in [0.1, 0.15) is 16.5 Å². The average Bonchev–Trinajstić information content (AvgIpc) is 3.46. The number of aliphatic hydroxyl groups excluding tert-OH is 1. The van der Waals surface area contributed by atoms with Crippen LogP contribution in [0.2, 0.25) is 10.0 Å². The zero-order valence-electron chi connectivity index (χ0n) is 20.2. The van der Waals surface area contributed by atoms with Crippen LogP contribution >= 0.6 is 23.2 Å². The molecule has 0 saturated carbocycles. The van der Waals surface area contributed by atoms with Gasteiger partial charge in [0.15, 0.2) is 11.5 Å². The summed E-state index contributed by atoms with van der Waals surface area (Å²) < 4.78 is 22.0. The van der Waals surface area contributed by atoms with E-state index in [1.807, 2.05) is 6.92 Å². The van der Waals surface area contributed by atoms with E-state index < -0.39 is 23.5 Å². The molecule has 1 amide bonds. The fraction of sp³-hybridized carbons (Fsp3) is 0.385. The van der Waals surface area contributed by atoms with Gasteiger partial charge in [-0.1, -0.05) is 35.3 Å². The van der Waals surface area contributed by atoms with Crippen LogP contribution in [0, 0.1) is 0 Å². The summed E-state index contributed by atoms with van der Waals surface area (Å²) in [5, 5.41) is 11.6. The number of hydrogen-bond donors (Lipinski definition) is 1. The number of methoxy groups -OCH3 is 2. The standard InChI is InChI=1S/C26H27Cl2NO7/c1-4-35-15-8-5-7-14(11-15)21-19(23(31)26(32)29(21)13-16-9-6-10-36-16)22(30)17-12-18(27)25(34-3)20(28)24(17)33-2/h5,7-8,11-12,16,21,30H,4,6,9-10,13H2,1-3H3/b22-19+. The van der Waals surface area contributed by atoms with Crippen molar-refractivity contribution in [2.45, 2.75) is 31.9 Å². The Labute approximate surface area is 219 Å². The van der Waals surface area contributed by atoms with Crippen LogP contribution in [0.1, 0.15) is 36.9 Å². The second-order valence-electron chi connectivity index (χ2n) is 8.38. The van der Waals surface area contributed by atoms with E-state index in [-0.39, 0.29) is 45.3 Å². The molecule has 192 valence electrons. The molecule has 2 saturated heterocycles. The quantitative estimate of drug-likeness (QED) is 0.288. The number of amides is 1. The summed E-state index contributed by atoms with van der Waals surface area (Å²) in [6, 6.07) is 7.58. The van der Waals surface area contributed by atoms with E-state index in [1.165, 1.54) is 25.2 Å². The molecule has 2 aromatic rings. The van der Waals surface area contributed by atoms with E-state index >= 15 is 0 Å². The van der Waals surface area contributed by atoms with Crippen LogP contribution in [0.25, 0.3) is 5.76 Å². The fourth-order valence-corrected chi connectivity index (χ4v) is 5.34. The molecule has 2 fully saturated rings. The number of ketones is 1. The Bertz CT molecular complexity index is 1210. The molecule has 2 aliphatic heterocycles. The van der Waals surface area contributed by atoms with Gasteiger partial charge < -0.3 is 29.0 Å². The molecular weight excluding hydrogens is 509 g/mol. The highest BCUT2D eigenvalue weighted by atomic mass is 35.5. The summed E-state index contributed by atoms with van der Waals surface area (Å²) >= 11 is 12.8. The predicted octanol–water partition coefficient (Wildman–Crippen LogP) is 5.01. The number of likely N-dealkylation sites (tertiary alicyclic amines) is 1. The molecule has 0 spiro atoms. The Hall–Kier alpha value is -2.94. The van der Waals surface area contributed by atoms with Gasteiger partial charge in [0.05, 0.1) is 49.1 Å². The first kappa shape index (κ1) is 26.1. The maximum atomic E-state index is 13.4. The second-order valence-corrected chi connectivity index (χ2v) is 9.16. The minimum absolute atomic E-state index is 0.0255. The second kappa shape index (κ2) is 11.0. The molecule has 0 aliphatic carbocycles. The van der Waals surface area contributed by atoms with Crippen LogP contribution in [0.3, 0.4) is 0 Å². The van der Waals surface area contributed by atoms with Crippen molar-refractivity contribution < 1.29 is 33.6 Å². The third-order valence-corrected chi connectivity index (χ3v) is 6.87. The molecule has 1 N–H and O–H groups in total. The SMILES string of the molecule is CCOc1cccc(C2/C(=C(\O)c3cc(Cl)c(OC)c(Cl)c3OC)C(=O)C(=O)N2CC2CCCO2)c1. The zero-order valence-corrected chi connectivity index (χ0v) is 21.7. The van der Waals surface area contributed by atoms with E-state index in [4.69, 9.17) is 42.1 Å². The first-order valence-corrected chi connectivity index (χ1v) is 12.3. The van der Waals surface area contributed by atoms with Crippen molar-refractivity contribution in [1.82, 2.24) is 4.90 Å². The van der Waals surface area contributed by atoms with Gasteiger partial charge in [-0.05, 0) is 43.5 Å².